The van der Waals surface area contributed by atoms with Crippen LogP contribution in [0.4, 0.5) is 5.69 Å². The van der Waals surface area contributed by atoms with Gasteiger partial charge in [-0.25, -0.2) is 9.59 Å². The van der Waals surface area contributed by atoms with Crippen LogP contribution < -0.4 is 14.2 Å². The predicted molar refractivity (Wildman–Crippen MR) is 174 cm³/mol. The number of hydrogen-bond acceptors (Lipinski definition) is 7. The van der Waals surface area contributed by atoms with Crippen molar-refractivity contribution in [3.8, 4) is 28.4 Å². The van der Waals surface area contributed by atoms with Crippen LogP contribution in [-0.4, -0.2) is 35.2 Å². The van der Waals surface area contributed by atoms with E-state index in [2.05, 4.69) is 13.5 Å². The zero-order valence-electron chi connectivity index (χ0n) is 26.0. The Labute approximate surface area is 265 Å². The Morgan fingerprint density at radius 3 is 1.87 bits per heavy atom. The highest BCUT2D eigenvalue weighted by Gasteiger charge is 2.20. The highest BCUT2D eigenvalue weighted by Crippen LogP contribution is 2.33. The molecule has 9 nitrogen and oxygen atoms in total. The zero-order chi connectivity index (χ0) is 32.4. The summed E-state index contributed by atoms with van der Waals surface area (Å²) in [6, 6.07) is 18.4. The molecule has 1 N–H and O–H groups in total. The quantitative estimate of drug-likeness (QED) is 0.0313. The third-order valence-corrected chi connectivity index (χ3v) is 7.35. The summed E-state index contributed by atoms with van der Waals surface area (Å²) < 4.78 is 17.0. The van der Waals surface area contributed by atoms with E-state index in [1.807, 2.05) is 24.3 Å². The van der Waals surface area contributed by atoms with Gasteiger partial charge in [-0.1, -0.05) is 76.6 Å². The number of unbranched alkanes of at least 4 members (excludes halogenated alkanes) is 8. The van der Waals surface area contributed by atoms with E-state index in [0.29, 0.717) is 30.9 Å². The van der Waals surface area contributed by atoms with Gasteiger partial charge < -0.3 is 19.3 Å². The number of carbonyl (C=O) groups excluding carboxylic acids is 1. The van der Waals surface area contributed by atoms with Crippen molar-refractivity contribution >= 4 is 17.6 Å². The van der Waals surface area contributed by atoms with Crippen LogP contribution in [0.15, 0.2) is 78.9 Å². The molecular weight excluding hydrogens is 574 g/mol. The van der Waals surface area contributed by atoms with Crippen molar-refractivity contribution < 1.29 is 33.8 Å². The number of ether oxygens (including phenoxy) is 3. The van der Waals surface area contributed by atoms with Gasteiger partial charge in [-0.3, -0.25) is 10.1 Å². The molecule has 0 saturated carbocycles. The number of benzene rings is 3. The number of nitro groups is 1. The molecule has 9 heteroatoms. The van der Waals surface area contributed by atoms with Gasteiger partial charge in [0.15, 0.2) is 0 Å². The van der Waals surface area contributed by atoms with Gasteiger partial charge in [-0.15, -0.1) is 0 Å². The maximum Gasteiger partial charge on any atom is 0.343 e. The summed E-state index contributed by atoms with van der Waals surface area (Å²) in [5.41, 5.74) is 1.61. The van der Waals surface area contributed by atoms with Crippen LogP contribution >= 0.6 is 0 Å². The molecule has 0 heterocycles. The normalized spacial score (nSPS) is 10.7. The maximum atomic E-state index is 12.8. The van der Waals surface area contributed by atoms with E-state index in [-0.39, 0.29) is 22.6 Å². The number of carboxylic acid groups (broad SMARTS) is 1. The first-order valence-electron chi connectivity index (χ1n) is 15.7. The van der Waals surface area contributed by atoms with Crippen LogP contribution in [0.2, 0.25) is 0 Å². The number of esters is 1. The zero-order valence-corrected chi connectivity index (χ0v) is 26.0. The van der Waals surface area contributed by atoms with Gasteiger partial charge in [0.2, 0.25) is 5.75 Å². The summed E-state index contributed by atoms with van der Waals surface area (Å²) >= 11 is 0. The van der Waals surface area contributed by atoms with Gasteiger partial charge in [-0.2, -0.15) is 0 Å². The summed E-state index contributed by atoms with van der Waals surface area (Å²) in [5.74, 6) is -0.402. The predicted octanol–water partition coefficient (Wildman–Crippen LogP) is 9.19. The van der Waals surface area contributed by atoms with Gasteiger partial charge in [0, 0.05) is 11.6 Å². The summed E-state index contributed by atoms with van der Waals surface area (Å²) in [5, 5.41) is 20.7. The number of nitro benzene ring substituents is 1. The standard InChI is InChI=1S/C36H43NO8/c1-3-4-5-11-24-43-31-19-14-28(15-20-31)30-18-23-34(33(26-30)37(41)42)45-36(40)29-16-21-32(22-17-29)44-25-12-9-7-6-8-10-13-27(2)35(38)39/h14-23,26H,2-13,24-25H2,1H3,(H,38,39). The largest absolute Gasteiger partial charge is 0.494 e. The Hall–Kier alpha value is -4.66. The number of rotatable bonds is 21. The Bertz CT molecular complexity index is 1400. The molecule has 0 unspecified atom stereocenters. The van der Waals surface area contributed by atoms with Gasteiger partial charge in [0.1, 0.15) is 11.5 Å². The molecule has 0 amide bonds. The van der Waals surface area contributed by atoms with Crippen molar-refractivity contribution in [1.82, 2.24) is 0 Å². The molecular formula is C36H43NO8. The highest BCUT2D eigenvalue weighted by molar-refractivity contribution is 5.92. The van der Waals surface area contributed by atoms with Gasteiger partial charge in [-0.05, 0) is 79.3 Å². The molecule has 45 heavy (non-hydrogen) atoms. The topological polar surface area (TPSA) is 125 Å². The van der Waals surface area contributed by atoms with Crippen molar-refractivity contribution in [3.05, 3.63) is 94.6 Å². The van der Waals surface area contributed by atoms with Crippen molar-refractivity contribution in [2.24, 2.45) is 0 Å². The average molecular weight is 618 g/mol. The lowest BCUT2D eigenvalue weighted by molar-refractivity contribution is -0.385. The molecule has 0 spiro atoms. The smallest absolute Gasteiger partial charge is 0.343 e. The van der Waals surface area contributed by atoms with E-state index in [4.69, 9.17) is 19.3 Å². The van der Waals surface area contributed by atoms with Crippen molar-refractivity contribution in [3.63, 3.8) is 0 Å². The fourth-order valence-electron chi connectivity index (χ4n) is 4.68. The minimum atomic E-state index is -0.928. The molecule has 0 atom stereocenters. The van der Waals surface area contributed by atoms with Crippen LogP contribution in [0.3, 0.4) is 0 Å². The van der Waals surface area contributed by atoms with Crippen LogP contribution in [0, 0.1) is 10.1 Å². The summed E-state index contributed by atoms with van der Waals surface area (Å²) in [7, 11) is 0. The molecule has 3 aromatic carbocycles. The molecule has 3 aromatic rings. The van der Waals surface area contributed by atoms with E-state index in [1.165, 1.54) is 25.0 Å². The van der Waals surface area contributed by atoms with Crippen molar-refractivity contribution in [2.45, 2.75) is 77.6 Å². The molecule has 0 aliphatic heterocycles. The molecule has 0 radical (unpaired) electrons. The Balaban J connectivity index is 1.45. The molecule has 0 aliphatic carbocycles. The third-order valence-electron chi connectivity index (χ3n) is 7.35. The minimum absolute atomic E-state index is 0.132. The van der Waals surface area contributed by atoms with Gasteiger partial charge in [0.25, 0.3) is 0 Å². The lowest BCUT2D eigenvalue weighted by atomic mass is 10.0. The molecule has 0 aromatic heterocycles. The first-order chi connectivity index (χ1) is 21.8. The van der Waals surface area contributed by atoms with E-state index in [0.717, 1.165) is 62.7 Å². The number of nitrogens with zero attached hydrogens (tertiary/aromatic N) is 1. The molecule has 0 fully saturated rings. The summed E-state index contributed by atoms with van der Waals surface area (Å²) in [6.07, 6.45) is 10.8. The van der Waals surface area contributed by atoms with Gasteiger partial charge >= 0.3 is 17.6 Å². The van der Waals surface area contributed by atoms with E-state index >= 15 is 0 Å². The summed E-state index contributed by atoms with van der Waals surface area (Å²) in [4.78, 5) is 34.8. The lowest BCUT2D eigenvalue weighted by Crippen LogP contribution is -2.10. The van der Waals surface area contributed by atoms with Gasteiger partial charge in [0.05, 0.1) is 23.7 Å². The Morgan fingerprint density at radius 2 is 1.29 bits per heavy atom. The maximum absolute atomic E-state index is 12.8. The van der Waals surface area contributed by atoms with Crippen molar-refractivity contribution in [1.29, 1.82) is 0 Å². The molecule has 0 bridgehead atoms. The first-order valence-corrected chi connectivity index (χ1v) is 15.7. The Kier molecular flexibility index (Phi) is 14.6. The Morgan fingerprint density at radius 1 is 0.756 bits per heavy atom. The van der Waals surface area contributed by atoms with Crippen LogP contribution in [0.25, 0.3) is 11.1 Å². The fourth-order valence-corrected chi connectivity index (χ4v) is 4.68. The second-order valence-electron chi connectivity index (χ2n) is 10.9. The second-order valence-corrected chi connectivity index (χ2v) is 10.9. The number of hydrogen-bond donors (Lipinski definition) is 1. The first kappa shape index (κ1) is 34.8. The fraction of sp³-hybridized carbons (Fsp3) is 0.389. The van der Waals surface area contributed by atoms with Crippen LogP contribution in [0.1, 0.15) is 87.9 Å². The SMILES string of the molecule is C=C(CCCCCCCCOc1ccc(C(=O)Oc2ccc(-c3ccc(OCCCCCC)cc3)cc2[N+](=O)[O-])cc1)C(=O)O. The second kappa shape index (κ2) is 18.9. The summed E-state index contributed by atoms with van der Waals surface area (Å²) in [6.45, 7) is 6.89. The van der Waals surface area contributed by atoms with Crippen LogP contribution in [0.5, 0.6) is 17.2 Å². The van der Waals surface area contributed by atoms with E-state index < -0.39 is 16.9 Å². The molecule has 3 rings (SSSR count). The number of aliphatic carboxylic acids is 1. The minimum Gasteiger partial charge on any atom is -0.494 e. The lowest BCUT2D eigenvalue weighted by Gasteiger charge is -2.10. The number of carbonyl (C=O) groups is 2. The number of carboxylic acids is 1. The molecule has 240 valence electrons. The van der Waals surface area contributed by atoms with Crippen molar-refractivity contribution in [2.75, 3.05) is 13.2 Å². The third kappa shape index (κ3) is 12.1. The monoisotopic (exact) mass is 617 g/mol. The van der Waals surface area contributed by atoms with E-state index in [1.54, 1.807) is 30.3 Å². The van der Waals surface area contributed by atoms with Crippen LogP contribution in [-0.2, 0) is 4.79 Å². The molecule has 0 saturated heterocycles. The highest BCUT2D eigenvalue weighted by atomic mass is 16.6. The van der Waals surface area contributed by atoms with E-state index in [9.17, 15) is 19.7 Å². The molecule has 0 aliphatic rings. The average Bonchev–Trinajstić information content (AvgIpc) is 3.04.